The molecule has 1 atom stereocenters. The van der Waals surface area contributed by atoms with E-state index in [4.69, 9.17) is 9.47 Å². The Kier molecular flexibility index (Phi) is 4.75. The van der Waals surface area contributed by atoms with Crippen molar-refractivity contribution in [2.45, 2.75) is 64.8 Å². The molecule has 1 aliphatic rings. The predicted molar refractivity (Wildman–Crippen MR) is 84.5 cm³/mol. The van der Waals surface area contributed by atoms with Gasteiger partial charge in [-0.15, -0.1) is 0 Å². The Bertz CT molecular complexity index is 508. The first kappa shape index (κ1) is 16.7. The summed E-state index contributed by atoms with van der Waals surface area (Å²) >= 11 is 0. The van der Waals surface area contributed by atoms with Gasteiger partial charge in [-0.3, -0.25) is 9.88 Å². The van der Waals surface area contributed by atoms with E-state index in [2.05, 4.69) is 4.98 Å². The van der Waals surface area contributed by atoms with Crippen LogP contribution in [0.4, 0.5) is 4.79 Å². The summed E-state index contributed by atoms with van der Waals surface area (Å²) < 4.78 is 11.3. The van der Waals surface area contributed by atoms with Gasteiger partial charge < -0.3 is 9.47 Å². The maximum absolute atomic E-state index is 12.5. The van der Waals surface area contributed by atoms with E-state index in [-0.39, 0.29) is 12.1 Å². The van der Waals surface area contributed by atoms with Crippen molar-refractivity contribution in [3.63, 3.8) is 0 Å². The van der Waals surface area contributed by atoms with Crippen molar-refractivity contribution in [1.82, 2.24) is 9.88 Å². The molecule has 1 amide bonds. The van der Waals surface area contributed by atoms with E-state index in [1.54, 1.807) is 17.3 Å². The third kappa shape index (κ3) is 4.19. The van der Waals surface area contributed by atoms with Crippen molar-refractivity contribution in [3.8, 4) is 0 Å². The molecule has 1 fully saturated rings. The number of rotatable bonds is 3. The molecule has 122 valence electrons. The fourth-order valence-electron chi connectivity index (χ4n) is 2.66. The number of ether oxygens (including phenoxy) is 2. The largest absolute Gasteiger partial charge is 0.444 e. The van der Waals surface area contributed by atoms with Crippen molar-refractivity contribution < 1.29 is 14.3 Å². The highest BCUT2D eigenvalue weighted by atomic mass is 16.6. The Labute approximate surface area is 132 Å². The molecule has 5 nitrogen and oxygen atoms in total. The molecular weight excluding hydrogens is 280 g/mol. The highest BCUT2D eigenvalue weighted by Crippen LogP contribution is 2.31. The highest BCUT2D eigenvalue weighted by molar-refractivity contribution is 5.69. The molecule has 0 saturated carbocycles. The number of nitrogens with zero attached hydrogens (tertiary/aromatic N) is 2. The molecule has 0 unspecified atom stereocenters. The van der Waals surface area contributed by atoms with Gasteiger partial charge in [-0.1, -0.05) is 0 Å². The molecule has 0 spiro atoms. The van der Waals surface area contributed by atoms with E-state index in [0.717, 1.165) is 12.8 Å². The summed E-state index contributed by atoms with van der Waals surface area (Å²) in [5, 5.41) is 0. The Morgan fingerprint density at radius 2 is 2.05 bits per heavy atom. The molecule has 0 N–H and O–H groups in total. The number of aryl methyl sites for hydroxylation is 1. The summed E-state index contributed by atoms with van der Waals surface area (Å²) in [6.07, 6.45) is 4.99. The zero-order valence-electron chi connectivity index (χ0n) is 14.1. The van der Waals surface area contributed by atoms with E-state index in [1.165, 1.54) is 5.56 Å². The maximum Gasteiger partial charge on any atom is 0.412 e. The molecular formula is C17H26N2O3. The summed E-state index contributed by atoms with van der Waals surface area (Å²) in [5.74, 6) is 0. The van der Waals surface area contributed by atoms with Gasteiger partial charge >= 0.3 is 6.09 Å². The average Bonchev–Trinajstić information content (AvgIpc) is 2.71. The molecule has 22 heavy (non-hydrogen) atoms. The Hall–Kier alpha value is -1.62. The molecule has 1 aliphatic heterocycles. The van der Waals surface area contributed by atoms with E-state index < -0.39 is 11.3 Å². The fraction of sp³-hybridized carbons (Fsp3) is 0.647. The normalized spacial score (nSPS) is 21.0. The second kappa shape index (κ2) is 6.24. The molecule has 0 bridgehead atoms. The lowest BCUT2D eigenvalue weighted by atomic mass is 10.1. The van der Waals surface area contributed by atoms with Gasteiger partial charge in [-0.2, -0.15) is 0 Å². The van der Waals surface area contributed by atoms with Crippen LogP contribution in [0.25, 0.3) is 0 Å². The fourth-order valence-corrected chi connectivity index (χ4v) is 2.66. The van der Waals surface area contributed by atoms with Crippen LogP contribution >= 0.6 is 0 Å². The third-order valence-electron chi connectivity index (χ3n) is 3.68. The molecule has 0 aromatic carbocycles. The first-order valence-electron chi connectivity index (χ1n) is 7.74. The van der Waals surface area contributed by atoms with E-state index in [9.17, 15) is 4.79 Å². The van der Waals surface area contributed by atoms with Gasteiger partial charge in [0.05, 0.1) is 12.6 Å². The Morgan fingerprint density at radius 3 is 2.64 bits per heavy atom. The maximum atomic E-state index is 12.5. The molecule has 1 saturated heterocycles. The second-order valence-corrected chi connectivity index (χ2v) is 7.16. The molecule has 1 aromatic heterocycles. The summed E-state index contributed by atoms with van der Waals surface area (Å²) in [6, 6.07) is 4.02. The van der Waals surface area contributed by atoms with Crippen LogP contribution < -0.4 is 0 Å². The van der Waals surface area contributed by atoms with Gasteiger partial charge in [0.2, 0.25) is 0 Å². The van der Waals surface area contributed by atoms with Gasteiger partial charge in [0.25, 0.3) is 0 Å². The third-order valence-corrected chi connectivity index (χ3v) is 3.68. The lowest BCUT2D eigenvalue weighted by Gasteiger charge is -2.35. The van der Waals surface area contributed by atoms with Crippen LogP contribution in [0.15, 0.2) is 24.5 Å². The van der Waals surface area contributed by atoms with Gasteiger partial charge in [0.15, 0.2) is 0 Å². The number of pyridine rings is 1. The van der Waals surface area contributed by atoms with Crippen LogP contribution in [-0.4, -0.2) is 40.0 Å². The quantitative estimate of drug-likeness (QED) is 0.859. The standard InChI is InChI=1S/C17H26N2O3/c1-16(2,3)22-15(20)19-14(12-21-17(19,4)5)7-6-13-8-10-18-11-9-13/h8-11,14H,6-7,12H2,1-5H3/t14-/m1/s1. The van der Waals surface area contributed by atoms with Crippen molar-refractivity contribution in [1.29, 1.82) is 0 Å². The van der Waals surface area contributed by atoms with Gasteiger partial charge in [0, 0.05) is 12.4 Å². The van der Waals surface area contributed by atoms with E-state index in [0.29, 0.717) is 6.61 Å². The van der Waals surface area contributed by atoms with E-state index in [1.807, 2.05) is 46.8 Å². The molecule has 0 aliphatic carbocycles. The number of carbonyl (C=O) groups is 1. The molecule has 0 radical (unpaired) electrons. The van der Waals surface area contributed by atoms with Crippen molar-refractivity contribution in [3.05, 3.63) is 30.1 Å². The van der Waals surface area contributed by atoms with E-state index >= 15 is 0 Å². The summed E-state index contributed by atoms with van der Waals surface area (Å²) in [7, 11) is 0. The van der Waals surface area contributed by atoms with Crippen molar-refractivity contribution in [2.75, 3.05) is 6.61 Å². The number of amides is 1. The number of hydrogen-bond donors (Lipinski definition) is 0. The Morgan fingerprint density at radius 1 is 1.41 bits per heavy atom. The van der Waals surface area contributed by atoms with Crippen LogP contribution in [0.1, 0.15) is 46.6 Å². The number of aromatic nitrogens is 1. The minimum absolute atomic E-state index is 0.0259. The van der Waals surface area contributed by atoms with Crippen LogP contribution in [0.2, 0.25) is 0 Å². The van der Waals surface area contributed by atoms with Gasteiger partial charge in [-0.25, -0.2) is 4.79 Å². The van der Waals surface area contributed by atoms with Crippen LogP contribution in [0.3, 0.4) is 0 Å². The van der Waals surface area contributed by atoms with Crippen LogP contribution in [0.5, 0.6) is 0 Å². The van der Waals surface area contributed by atoms with Crippen molar-refractivity contribution in [2.24, 2.45) is 0 Å². The summed E-state index contributed by atoms with van der Waals surface area (Å²) in [6.45, 7) is 9.98. The van der Waals surface area contributed by atoms with Gasteiger partial charge in [0.1, 0.15) is 11.3 Å². The van der Waals surface area contributed by atoms with Crippen LogP contribution in [-0.2, 0) is 15.9 Å². The first-order chi connectivity index (χ1) is 10.2. The summed E-state index contributed by atoms with van der Waals surface area (Å²) in [5.41, 5.74) is 0.0697. The zero-order chi connectivity index (χ0) is 16.4. The minimum atomic E-state index is -0.634. The minimum Gasteiger partial charge on any atom is -0.444 e. The predicted octanol–water partition coefficient (Wildman–Crippen LogP) is 3.39. The molecule has 2 heterocycles. The number of hydrogen-bond acceptors (Lipinski definition) is 4. The SMILES string of the molecule is CC(C)(C)OC(=O)N1[C@H](CCc2ccncc2)COC1(C)C. The first-order valence-corrected chi connectivity index (χ1v) is 7.74. The molecule has 2 rings (SSSR count). The smallest absolute Gasteiger partial charge is 0.412 e. The molecule has 5 heteroatoms. The topological polar surface area (TPSA) is 51.7 Å². The average molecular weight is 306 g/mol. The summed E-state index contributed by atoms with van der Waals surface area (Å²) in [4.78, 5) is 18.3. The van der Waals surface area contributed by atoms with Crippen LogP contribution in [0, 0.1) is 0 Å². The zero-order valence-corrected chi connectivity index (χ0v) is 14.1. The Balaban J connectivity index is 2.04. The highest BCUT2D eigenvalue weighted by Gasteiger charge is 2.45. The number of carbonyl (C=O) groups excluding carboxylic acids is 1. The lowest BCUT2D eigenvalue weighted by Crippen LogP contribution is -2.49. The van der Waals surface area contributed by atoms with Crippen molar-refractivity contribution >= 4 is 6.09 Å². The lowest BCUT2D eigenvalue weighted by molar-refractivity contribution is -0.0626. The second-order valence-electron chi connectivity index (χ2n) is 7.16. The molecule has 1 aromatic rings. The monoisotopic (exact) mass is 306 g/mol. The van der Waals surface area contributed by atoms with Gasteiger partial charge in [-0.05, 0) is 65.2 Å².